The molecular formula is C23H25N7O3. The van der Waals surface area contributed by atoms with Crippen molar-refractivity contribution in [1.82, 2.24) is 19.8 Å². The molecule has 0 atom stereocenters. The number of aromatic nitrogens is 2. The smallest absolute Gasteiger partial charge is 0.223 e. The van der Waals surface area contributed by atoms with Crippen molar-refractivity contribution < 1.29 is 14.3 Å². The van der Waals surface area contributed by atoms with E-state index in [0.717, 1.165) is 5.69 Å². The Balaban J connectivity index is 1.29. The molecule has 1 aromatic carbocycles. The lowest BCUT2D eigenvalue weighted by Gasteiger charge is -2.34. The lowest BCUT2D eigenvalue weighted by Crippen LogP contribution is -2.50. The second-order valence-electron chi connectivity index (χ2n) is 7.72. The van der Waals surface area contributed by atoms with E-state index in [4.69, 9.17) is 4.74 Å². The van der Waals surface area contributed by atoms with Crippen molar-refractivity contribution in [1.29, 1.82) is 5.26 Å². The summed E-state index contributed by atoms with van der Waals surface area (Å²) in [6, 6.07) is 11.2. The van der Waals surface area contributed by atoms with E-state index in [9.17, 15) is 14.9 Å². The second kappa shape index (κ2) is 9.99. The van der Waals surface area contributed by atoms with Gasteiger partial charge in [-0.15, -0.1) is 0 Å². The number of nitrogens with zero attached hydrogens (tertiary/aromatic N) is 5. The van der Waals surface area contributed by atoms with Gasteiger partial charge in [0.25, 0.3) is 0 Å². The quantitative estimate of drug-likeness (QED) is 0.509. The van der Waals surface area contributed by atoms with Gasteiger partial charge >= 0.3 is 0 Å². The van der Waals surface area contributed by atoms with Gasteiger partial charge in [-0.25, -0.2) is 9.97 Å². The largest absolute Gasteiger partial charge is 0.437 e. The van der Waals surface area contributed by atoms with Crippen molar-refractivity contribution in [3.05, 3.63) is 48.1 Å². The molecule has 33 heavy (non-hydrogen) atoms. The van der Waals surface area contributed by atoms with Gasteiger partial charge in [-0.1, -0.05) is 12.1 Å². The van der Waals surface area contributed by atoms with Crippen LogP contribution in [-0.4, -0.2) is 64.3 Å². The first kappa shape index (κ1) is 22.1. The van der Waals surface area contributed by atoms with Gasteiger partial charge in [0.15, 0.2) is 5.75 Å². The molecule has 2 aliphatic rings. The maximum atomic E-state index is 12.4. The van der Waals surface area contributed by atoms with Crippen LogP contribution in [0.5, 0.6) is 5.75 Å². The number of hydrogen-bond donors (Lipinski definition) is 2. The molecule has 0 spiro atoms. The Morgan fingerprint density at radius 1 is 1.18 bits per heavy atom. The van der Waals surface area contributed by atoms with Gasteiger partial charge < -0.3 is 25.2 Å². The molecule has 0 unspecified atom stereocenters. The van der Waals surface area contributed by atoms with Crippen LogP contribution in [0.3, 0.4) is 0 Å². The molecule has 10 heteroatoms. The first-order chi connectivity index (χ1) is 16.0. The van der Waals surface area contributed by atoms with Crippen LogP contribution >= 0.6 is 0 Å². The van der Waals surface area contributed by atoms with Crippen LogP contribution in [0.4, 0.5) is 11.6 Å². The number of allylic oxidation sites excluding steroid dienone is 1. The minimum atomic E-state index is 0.0449. The van der Waals surface area contributed by atoms with Crippen molar-refractivity contribution in [3.8, 4) is 11.8 Å². The molecule has 4 rings (SSSR count). The predicted octanol–water partition coefficient (Wildman–Crippen LogP) is 2.06. The van der Waals surface area contributed by atoms with Crippen LogP contribution in [-0.2, 0) is 9.59 Å². The Kier molecular flexibility index (Phi) is 6.69. The Morgan fingerprint density at radius 3 is 2.67 bits per heavy atom. The molecule has 2 amide bonds. The third kappa shape index (κ3) is 5.20. The van der Waals surface area contributed by atoms with Crippen molar-refractivity contribution in [2.45, 2.75) is 19.8 Å². The van der Waals surface area contributed by atoms with Crippen molar-refractivity contribution in [2.24, 2.45) is 0 Å². The summed E-state index contributed by atoms with van der Waals surface area (Å²) in [5.74, 6) is 1.48. The average Bonchev–Trinajstić information content (AvgIpc) is 3.26. The maximum absolute atomic E-state index is 12.4. The molecule has 0 radical (unpaired) electrons. The van der Waals surface area contributed by atoms with E-state index in [2.05, 4.69) is 26.7 Å². The third-order valence-corrected chi connectivity index (χ3v) is 5.53. The standard InChI is InChI=1S/C23H25N7O3/c1-16(31)29-11-13-30(14-12-29)21(32)7-4-9-25-23-26-10-8-18(28-23)17(15-24)22-27-19-5-2-3-6-20(19)33-22/h2-3,5-6,8,10,27H,4,7,9,11-14H2,1H3,(H,25,26,28)/b22-17+. The van der Waals surface area contributed by atoms with Crippen LogP contribution in [0.15, 0.2) is 42.4 Å². The number of rotatable bonds is 6. The number of para-hydroxylation sites is 2. The Bertz CT molecular complexity index is 1090. The molecular weight excluding hydrogens is 422 g/mol. The monoisotopic (exact) mass is 447 g/mol. The van der Waals surface area contributed by atoms with Crippen molar-refractivity contribution in [2.75, 3.05) is 43.4 Å². The van der Waals surface area contributed by atoms with Gasteiger partial charge in [0.1, 0.15) is 11.6 Å². The summed E-state index contributed by atoms with van der Waals surface area (Å²) in [5, 5.41) is 15.9. The van der Waals surface area contributed by atoms with E-state index in [-0.39, 0.29) is 17.4 Å². The summed E-state index contributed by atoms with van der Waals surface area (Å²) in [6.45, 7) is 4.37. The summed E-state index contributed by atoms with van der Waals surface area (Å²) < 4.78 is 5.76. The van der Waals surface area contributed by atoms with Crippen molar-refractivity contribution in [3.63, 3.8) is 0 Å². The third-order valence-electron chi connectivity index (χ3n) is 5.53. The summed E-state index contributed by atoms with van der Waals surface area (Å²) >= 11 is 0. The summed E-state index contributed by atoms with van der Waals surface area (Å²) in [5.41, 5.74) is 1.50. The summed E-state index contributed by atoms with van der Waals surface area (Å²) in [7, 11) is 0. The van der Waals surface area contributed by atoms with Gasteiger partial charge in [0.05, 0.1) is 11.4 Å². The Labute approximate surface area is 191 Å². The molecule has 170 valence electrons. The first-order valence-corrected chi connectivity index (χ1v) is 10.8. The van der Waals surface area contributed by atoms with E-state index in [1.165, 1.54) is 0 Å². The zero-order chi connectivity index (χ0) is 23.2. The number of ether oxygens (including phenoxy) is 1. The SMILES string of the molecule is CC(=O)N1CCN(C(=O)CCCNc2nccc(/C(C#N)=C3\Nc4ccccc4O3)n2)CC1. The van der Waals surface area contributed by atoms with Gasteiger partial charge in [0, 0.05) is 52.3 Å². The summed E-state index contributed by atoms with van der Waals surface area (Å²) in [4.78, 5) is 36.0. The number of nitriles is 1. The van der Waals surface area contributed by atoms with Gasteiger partial charge in [-0.3, -0.25) is 9.59 Å². The molecule has 2 N–H and O–H groups in total. The summed E-state index contributed by atoms with van der Waals surface area (Å²) in [6.07, 6.45) is 2.59. The van der Waals surface area contributed by atoms with Crippen molar-refractivity contribution >= 4 is 29.0 Å². The lowest BCUT2D eigenvalue weighted by molar-refractivity contribution is -0.138. The number of carbonyl (C=O) groups is 2. The Hall–Kier alpha value is -4.13. The first-order valence-electron chi connectivity index (χ1n) is 10.8. The Morgan fingerprint density at radius 2 is 1.94 bits per heavy atom. The van der Waals surface area contributed by atoms with E-state index in [0.29, 0.717) is 68.8 Å². The highest BCUT2D eigenvalue weighted by atomic mass is 16.5. The van der Waals surface area contributed by atoms with E-state index >= 15 is 0 Å². The number of anilines is 2. The highest BCUT2D eigenvalue weighted by Crippen LogP contribution is 2.35. The topological polar surface area (TPSA) is 123 Å². The molecule has 0 saturated carbocycles. The molecule has 1 saturated heterocycles. The van der Waals surface area contributed by atoms with E-state index in [1.54, 1.807) is 29.0 Å². The molecule has 0 aliphatic carbocycles. The minimum Gasteiger partial charge on any atom is -0.437 e. The lowest BCUT2D eigenvalue weighted by atomic mass is 10.2. The molecule has 2 aromatic rings. The number of carbonyl (C=O) groups excluding carboxylic acids is 2. The van der Waals surface area contributed by atoms with Crippen LogP contribution in [0, 0.1) is 11.3 Å². The molecule has 3 heterocycles. The number of fused-ring (bicyclic) bond motifs is 1. The zero-order valence-corrected chi connectivity index (χ0v) is 18.4. The molecule has 10 nitrogen and oxygen atoms in total. The van der Waals surface area contributed by atoms with Crippen LogP contribution in [0.25, 0.3) is 5.57 Å². The highest BCUT2D eigenvalue weighted by Gasteiger charge is 2.23. The van der Waals surface area contributed by atoms with E-state index in [1.807, 2.05) is 24.3 Å². The van der Waals surface area contributed by atoms with Crippen LogP contribution in [0.2, 0.25) is 0 Å². The fraction of sp³-hybridized carbons (Fsp3) is 0.348. The fourth-order valence-electron chi connectivity index (χ4n) is 3.71. The predicted molar refractivity (Wildman–Crippen MR) is 122 cm³/mol. The number of piperazine rings is 1. The molecule has 1 aromatic heterocycles. The zero-order valence-electron chi connectivity index (χ0n) is 18.4. The van der Waals surface area contributed by atoms with Crippen LogP contribution < -0.4 is 15.4 Å². The number of nitrogens with one attached hydrogen (secondary N) is 2. The number of benzene rings is 1. The van der Waals surface area contributed by atoms with Gasteiger partial charge in [-0.05, 0) is 24.6 Å². The molecule has 2 aliphatic heterocycles. The molecule has 1 fully saturated rings. The number of hydrogen-bond acceptors (Lipinski definition) is 8. The highest BCUT2D eigenvalue weighted by molar-refractivity contribution is 5.82. The maximum Gasteiger partial charge on any atom is 0.223 e. The fourth-order valence-corrected chi connectivity index (χ4v) is 3.71. The van der Waals surface area contributed by atoms with E-state index < -0.39 is 0 Å². The van der Waals surface area contributed by atoms with Gasteiger partial charge in [-0.2, -0.15) is 5.26 Å². The second-order valence-corrected chi connectivity index (χ2v) is 7.72. The minimum absolute atomic E-state index is 0.0449. The average molecular weight is 447 g/mol. The normalized spacial score (nSPS) is 16.2. The molecule has 0 bridgehead atoms. The number of amides is 2. The van der Waals surface area contributed by atoms with Gasteiger partial charge in [0.2, 0.25) is 23.6 Å². The van der Waals surface area contributed by atoms with Crippen LogP contribution in [0.1, 0.15) is 25.5 Å².